The average Bonchev–Trinajstić information content (AvgIpc) is 2.59. The summed E-state index contributed by atoms with van der Waals surface area (Å²) in [6, 6.07) is 1.08. The van der Waals surface area contributed by atoms with Crippen molar-refractivity contribution < 1.29 is 4.79 Å². The maximum absolute atomic E-state index is 12.0. The molecule has 0 aromatic heterocycles. The van der Waals surface area contributed by atoms with Gasteiger partial charge in [-0.2, -0.15) is 0 Å². The normalized spacial score (nSPS) is 33.1. The number of carbonyl (C=O) groups is 1. The molecule has 3 fully saturated rings. The van der Waals surface area contributed by atoms with Crippen molar-refractivity contribution in [2.45, 2.75) is 50.6 Å². The Morgan fingerprint density at radius 3 is 2.56 bits per heavy atom. The minimum Gasteiger partial charge on any atom is -0.315 e. The topological polar surface area (TPSA) is 35.6 Å². The van der Waals surface area contributed by atoms with Crippen LogP contribution in [0.1, 0.15) is 38.5 Å². The molecule has 2 heterocycles. The zero-order chi connectivity index (χ0) is 11.0. The van der Waals surface area contributed by atoms with Gasteiger partial charge in [0.15, 0.2) is 0 Å². The molecule has 3 aliphatic rings. The highest BCUT2D eigenvalue weighted by molar-refractivity contribution is 5.78. The van der Waals surface area contributed by atoms with E-state index in [-0.39, 0.29) is 0 Å². The van der Waals surface area contributed by atoms with E-state index in [2.05, 4.69) is 15.3 Å². The molecule has 4 nitrogen and oxygen atoms in total. The van der Waals surface area contributed by atoms with Crippen LogP contribution < -0.4 is 5.32 Å². The van der Waals surface area contributed by atoms with Gasteiger partial charge in [0, 0.05) is 25.6 Å². The molecule has 1 N–H and O–H groups in total. The van der Waals surface area contributed by atoms with Crippen LogP contribution in [0.5, 0.6) is 0 Å². The summed E-state index contributed by atoms with van der Waals surface area (Å²) in [4.78, 5) is 12.0. The van der Waals surface area contributed by atoms with Crippen LogP contribution >= 0.6 is 0 Å². The molecule has 0 spiro atoms. The third-order valence-corrected chi connectivity index (χ3v) is 4.20. The Hall–Kier alpha value is -0.610. The summed E-state index contributed by atoms with van der Waals surface area (Å²) in [6.07, 6.45) is 7.00. The Labute approximate surface area is 96.9 Å². The maximum Gasteiger partial charge on any atom is 0.238 e. The van der Waals surface area contributed by atoms with Crippen molar-refractivity contribution in [3.63, 3.8) is 0 Å². The SMILES string of the molecule is O=C1CCN(C2CCC2)N1C1CCCNC1. The van der Waals surface area contributed by atoms with Gasteiger partial charge in [-0.1, -0.05) is 6.42 Å². The second-order valence-corrected chi connectivity index (χ2v) is 5.24. The smallest absolute Gasteiger partial charge is 0.238 e. The van der Waals surface area contributed by atoms with Crippen molar-refractivity contribution in [1.29, 1.82) is 0 Å². The zero-order valence-corrected chi connectivity index (χ0v) is 9.82. The molecule has 2 aliphatic heterocycles. The summed E-state index contributed by atoms with van der Waals surface area (Å²) in [6.45, 7) is 3.05. The number of rotatable bonds is 2. The van der Waals surface area contributed by atoms with Gasteiger partial charge in [-0.3, -0.25) is 9.80 Å². The first kappa shape index (κ1) is 10.5. The van der Waals surface area contributed by atoms with E-state index in [9.17, 15) is 4.79 Å². The Balaban J connectivity index is 1.70. The molecule has 4 heteroatoms. The summed E-state index contributed by atoms with van der Waals surface area (Å²) >= 11 is 0. The second kappa shape index (κ2) is 4.34. The van der Waals surface area contributed by atoms with E-state index in [0.29, 0.717) is 18.0 Å². The predicted octanol–water partition coefficient (Wildman–Crippen LogP) is 0.740. The minimum atomic E-state index is 0.348. The van der Waals surface area contributed by atoms with Crippen LogP contribution in [-0.2, 0) is 4.79 Å². The van der Waals surface area contributed by atoms with Crippen LogP contribution in [0.25, 0.3) is 0 Å². The first-order chi connectivity index (χ1) is 7.86. The summed E-state index contributed by atoms with van der Waals surface area (Å²) in [5.74, 6) is 0.348. The van der Waals surface area contributed by atoms with Crippen molar-refractivity contribution in [1.82, 2.24) is 15.3 Å². The van der Waals surface area contributed by atoms with Gasteiger partial charge in [-0.05, 0) is 32.2 Å². The van der Waals surface area contributed by atoms with Crippen LogP contribution in [0, 0.1) is 0 Å². The van der Waals surface area contributed by atoms with E-state index in [4.69, 9.17) is 0 Å². The van der Waals surface area contributed by atoms with Crippen molar-refractivity contribution >= 4 is 5.91 Å². The van der Waals surface area contributed by atoms with Crippen molar-refractivity contribution in [3.8, 4) is 0 Å². The molecule has 1 saturated carbocycles. The summed E-state index contributed by atoms with van der Waals surface area (Å²) in [5.41, 5.74) is 0. The van der Waals surface area contributed by atoms with E-state index >= 15 is 0 Å². The molecule has 3 rings (SSSR count). The molecule has 1 amide bonds. The summed E-state index contributed by atoms with van der Waals surface area (Å²) in [7, 11) is 0. The number of nitrogens with one attached hydrogen (secondary N) is 1. The largest absolute Gasteiger partial charge is 0.315 e. The van der Waals surface area contributed by atoms with E-state index in [1.54, 1.807) is 0 Å². The Kier molecular flexibility index (Phi) is 2.86. The molecule has 1 unspecified atom stereocenters. The quantitative estimate of drug-likeness (QED) is 0.750. The molecule has 1 atom stereocenters. The molecule has 90 valence electrons. The fourth-order valence-corrected chi connectivity index (χ4v) is 3.07. The number of carbonyl (C=O) groups excluding carboxylic acids is 1. The molecule has 2 saturated heterocycles. The molecule has 0 radical (unpaired) electrons. The number of hydrogen-bond acceptors (Lipinski definition) is 3. The van der Waals surface area contributed by atoms with Crippen molar-refractivity contribution in [2.75, 3.05) is 19.6 Å². The first-order valence-corrected chi connectivity index (χ1v) is 6.65. The fraction of sp³-hybridized carbons (Fsp3) is 0.917. The lowest BCUT2D eigenvalue weighted by atomic mass is 9.92. The number of hydrazine groups is 1. The molecule has 0 aromatic carbocycles. The zero-order valence-electron chi connectivity index (χ0n) is 9.82. The van der Waals surface area contributed by atoms with Crippen LogP contribution in [0.3, 0.4) is 0 Å². The highest BCUT2D eigenvalue weighted by atomic mass is 16.2. The lowest BCUT2D eigenvalue weighted by Gasteiger charge is -2.44. The lowest BCUT2D eigenvalue weighted by molar-refractivity contribution is -0.150. The van der Waals surface area contributed by atoms with Gasteiger partial charge in [-0.15, -0.1) is 0 Å². The monoisotopic (exact) mass is 223 g/mol. The Bertz CT molecular complexity index is 271. The van der Waals surface area contributed by atoms with E-state index < -0.39 is 0 Å². The Morgan fingerprint density at radius 1 is 1.12 bits per heavy atom. The van der Waals surface area contributed by atoms with Crippen molar-refractivity contribution in [2.24, 2.45) is 0 Å². The van der Waals surface area contributed by atoms with Gasteiger partial charge in [0.2, 0.25) is 5.91 Å². The van der Waals surface area contributed by atoms with Gasteiger partial charge >= 0.3 is 0 Å². The number of hydrogen-bond donors (Lipinski definition) is 1. The van der Waals surface area contributed by atoms with Gasteiger partial charge in [0.25, 0.3) is 0 Å². The summed E-state index contributed by atoms with van der Waals surface area (Å²) < 4.78 is 0. The van der Waals surface area contributed by atoms with Gasteiger partial charge in [-0.25, -0.2) is 5.01 Å². The van der Waals surface area contributed by atoms with Crippen molar-refractivity contribution in [3.05, 3.63) is 0 Å². The third kappa shape index (κ3) is 1.74. The molecular formula is C12H21N3O. The van der Waals surface area contributed by atoms with Crippen LogP contribution in [0.4, 0.5) is 0 Å². The predicted molar refractivity (Wildman–Crippen MR) is 61.7 cm³/mol. The van der Waals surface area contributed by atoms with E-state index in [1.807, 2.05) is 0 Å². The molecular weight excluding hydrogens is 202 g/mol. The third-order valence-electron chi connectivity index (χ3n) is 4.20. The Morgan fingerprint density at radius 2 is 1.94 bits per heavy atom. The van der Waals surface area contributed by atoms with Crippen LogP contribution in [0.2, 0.25) is 0 Å². The van der Waals surface area contributed by atoms with Gasteiger partial charge in [0.1, 0.15) is 0 Å². The molecule has 16 heavy (non-hydrogen) atoms. The number of piperidine rings is 1. The summed E-state index contributed by atoms with van der Waals surface area (Å²) in [5, 5.41) is 7.87. The van der Waals surface area contributed by atoms with Crippen LogP contribution in [0.15, 0.2) is 0 Å². The minimum absolute atomic E-state index is 0.348. The molecule has 1 aliphatic carbocycles. The highest BCUT2D eigenvalue weighted by Crippen LogP contribution is 2.31. The molecule has 0 bridgehead atoms. The number of amides is 1. The van der Waals surface area contributed by atoms with E-state index in [1.165, 1.54) is 32.1 Å². The average molecular weight is 223 g/mol. The maximum atomic E-state index is 12.0. The van der Waals surface area contributed by atoms with Gasteiger partial charge < -0.3 is 5.32 Å². The van der Waals surface area contributed by atoms with E-state index in [0.717, 1.165) is 26.1 Å². The first-order valence-electron chi connectivity index (χ1n) is 6.65. The highest BCUT2D eigenvalue weighted by Gasteiger charge is 2.40. The fourth-order valence-electron chi connectivity index (χ4n) is 3.07. The molecule has 0 aromatic rings. The van der Waals surface area contributed by atoms with Gasteiger partial charge in [0.05, 0.1) is 6.04 Å². The number of nitrogens with zero attached hydrogens (tertiary/aromatic N) is 2. The standard InChI is InChI=1S/C12H21N3O/c16-12-6-8-14(10-3-1-4-10)15(12)11-5-2-7-13-9-11/h10-11,13H,1-9H2. The second-order valence-electron chi connectivity index (χ2n) is 5.24. The lowest BCUT2D eigenvalue weighted by Crippen LogP contribution is -2.56. The van der Waals surface area contributed by atoms with Crippen LogP contribution in [-0.4, -0.2) is 47.6 Å².